The molecule has 1 aliphatic rings. The van der Waals surface area contributed by atoms with E-state index in [9.17, 15) is 4.79 Å². The van der Waals surface area contributed by atoms with Crippen molar-refractivity contribution in [3.05, 3.63) is 24.0 Å². The number of likely N-dealkylation sites (tertiary alicyclic amines) is 1. The molecule has 2 heterocycles. The first-order valence-corrected chi connectivity index (χ1v) is 6.39. The van der Waals surface area contributed by atoms with Crippen molar-refractivity contribution in [3.63, 3.8) is 0 Å². The summed E-state index contributed by atoms with van der Waals surface area (Å²) in [5.74, 6) is 0. The van der Waals surface area contributed by atoms with Crippen LogP contribution in [-0.2, 0) is 13.6 Å². The van der Waals surface area contributed by atoms with Gasteiger partial charge in [0.05, 0.1) is 0 Å². The normalized spacial score (nSPS) is 16.6. The number of carbonyl (C=O) groups is 1. The van der Waals surface area contributed by atoms with Crippen LogP contribution < -0.4 is 5.32 Å². The van der Waals surface area contributed by atoms with Crippen LogP contribution in [0.2, 0.25) is 0 Å². The van der Waals surface area contributed by atoms with E-state index in [0.29, 0.717) is 6.54 Å². The van der Waals surface area contributed by atoms with Gasteiger partial charge in [0.1, 0.15) is 0 Å². The fourth-order valence-corrected chi connectivity index (χ4v) is 2.23. The molecule has 0 aromatic carbocycles. The summed E-state index contributed by atoms with van der Waals surface area (Å²) in [5.41, 5.74) is 1.15. The summed E-state index contributed by atoms with van der Waals surface area (Å²) >= 11 is 0. The molecule has 0 unspecified atom stereocenters. The fourth-order valence-electron chi connectivity index (χ4n) is 2.23. The van der Waals surface area contributed by atoms with Gasteiger partial charge in [-0.25, -0.2) is 4.79 Å². The van der Waals surface area contributed by atoms with Crippen molar-refractivity contribution in [1.82, 2.24) is 14.8 Å². The van der Waals surface area contributed by atoms with Crippen LogP contribution in [0.15, 0.2) is 18.5 Å². The third kappa shape index (κ3) is 3.51. The topological polar surface area (TPSA) is 37.3 Å². The van der Waals surface area contributed by atoms with E-state index < -0.39 is 0 Å². The van der Waals surface area contributed by atoms with Gasteiger partial charge in [-0.3, -0.25) is 0 Å². The molecule has 4 heteroatoms. The molecule has 2 rings (SSSR count). The van der Waals surface area contributed by atoms with Crippen LogP contribution in [0.4, 0.5) is 4.79 Å². The minimum atomic E-state index is 0.0794. The van der Waals surface area contributed by atoms with Crippen LogP contribution in [0.25, 0.3) is 0 Å². The zero-order chi connectivity index (χ0) is 12.1. The quantitative estimate of drug-likeness (QED) is 0.837. The molecule has 1 saturated heterocycles. The molecule has 1 aliphatic heterocycles. The molecule has 0 saturated carbocycles. The van der Waals surface area contributed by atoms with E-state index in [1.165, 1.54) is 12.8 Å². The summed E-state index contributed by atoms with van der Waals surface area (Å²) < 4.78 is 1.99. The Morgan fingerprint density at radius 3 is 2.59 bits per heavy atom. The zero-order valence-electron chi connectivity index (χ0n) is 10.5. The number of aryl methyl sites for hydroxylation is 1. The highest BCUT2D eigenvalue weighted by Gasteiger charge is 2.14. The predicted octanol–water partition coefficient (Wildman–Crippen LogP) is 2.11. The minimum Gasteiger partial charge on any atom is -0.357 e. The first kappa shape index (κ1) is 12.0. The van der Waals surface area contributed by atoms with E-state index in [1.54, 1.807) is 0 Å². The molecular formula is C13H21N3O. The number of carbonyl (C=O) groups excluding carboxylic acids is 1. The lowest BCUT2D eigenvalue weighted by Gasteiger charge is -2.20. The van der Waals surface area contributed by atoms with E-state index in [-0.39, 0.29) is 6.03 Å². The van der Waals surface area contributed by atoms with Gasteiger partial charge in [0.25, 0.3) is 0 Å². The Balaban J connectivity index is 1.79. The number of urea groups is 1. The molecule has 0 aliphatic carbocycles. The average Bonchev–Trinajstić information content (AvgIpc) is 2.58. The van der Waals surface area contributed by atoms with Gasteiger partial charge in [0.15, 0.2) is 0 Å². The number of nitrogens with zero attached hydrogens (tertiary/aromatic N) is 2. The number of hydrogen-bond acceptors (Lipinski definition) is 1. The van der Waals surface area contributed by atoms with Crippen molar-refractivity contribution in [2.24, 2.45) is 7.05 Å². The van der Waals surface area contributed by atoms with Gasteiger partial charge in [-0.05, 0) is 24.5 Å². The number of hydrogen-bond donors (Lipinski definition) is 1. The molecule has 17 heavy (non-hydrogen) atoms. The second kappa shape index (κ2) is 5.75. The van der Waals surface area contributed by atoms with Crippen molar-refractivity contribution in [2.45, 2.75) is 32.2 Å². The van der Waals surface area contributed by atoms with Gasteiger partial charge in [0.2, 0.25) is 0 Å². The second-order valence-electron chi connectivity index (χ2n) is 4.75. The molecule has 1 N–H and O–H groups in total. The van der Waals surface area contributed by atoms with Gasteiger partial charge >= 0.3 is 6.03 Å². The molecule has 4 nitrogen and oxygen atoms in total. The Hall–Kier alpha value is -1.45. The minimum absolute atomic E-state index is 0.0794. The van der Waals surface area contributed by atoms with Crippen LogP contribution >= 0.6 is 0 Å². The van der Waals surface area contributed by atoms with Gasteiger partial charge in [-0.15, -0.1) is 0 Å². The monoisotopic (exact) mass is 235 g/mol. The molecule has 94 valence electrons. The summed E-state index contributed by atoms with van der Waals surface area (Å²) in [6.07, 6.45) is 8.80. The second-order valence-corrected chi connectivity index (χ2v) is 4.75. The van der Waals surface area contributed by atoms with Gasteiger partial charge in [0, 0.05) is 39.1 Å². The number of rotatable bonds is 2. The van der Waals surface area contributed by atoms with E-state index in [2.05, 4.69) is 5.32 Å². The van der Waals surface area contributed by atoms with Crippen LogP contribution in [0.3, 0.4) is 0 Å². The maximum atomic E-state index is 11.9. The average molecular weight is 235 g/mol. The number of amides is 2. The highest BCUT2D eigenvalue weighted by atomic mass is 16.2. The molecular weight excluding hydrogens is 214 g/mol. The molecule has 2 amide bonds. The molecule has 0 radical (unpaired) electrons. The highest BCUT2D eigenvalue weighted by Crippen LogP contribution is 2.09. The molecule has 0 bridgehead atoms. The fraction of sp³-hybridized carbons (Fsp3) is 0.615. The third-order valence-electron chi connectivity index (χ3n) is 3.23. The molecule has 0 atom stereocenters. The first-order valence-electron chi connectivity index (χ1n) is 6.39. The highest BCUT2D eigenvalue weighted by molar-refractivity contribution is 5.74. The number of aromatic nitrogens is 1. The SMILES string of the molecule is Cn1ccc(CNC(=O)N2CCCCCC2)c1. The Morgan fingerprint density at radius 2 is 2.00 bits per heavy atom. The first-order chi connectivity index (χ1) is 8.25. The van der Waals surface area contributed by atoms with Crippen LogP contribution in [-0.4, -0.2) is 28.6 Å². The predicted molar refractivity (Wildman–Crippen MR) is 67.7 cm³/mol. The Labute approximate surface area is 103 Å². The van der Waals surface area contributed by atoms with E-state index in [0.717, 1.165) is 31.5 Å². The van der Waals surface area contributed by atoms with Gasteiger partial charge in [-0.1, -0.05) is 12.8 Å². The standard InChI is InChI=1S/C13H21N3O/c1-15-9-6-12(11-15)10-14-13(17)16-7-4-2-3-5-8-16/h6,9,11H,2-5,7-8,10H2,1H3,(H,14,17). The molecule has 1 aromatic heterocycles. The Morgan fingerprint density at radius 1 is 1.29 bits per heavy atom. The summed E-state index contributed by atoms with van der Waals surface area (Å²) in [6.45, 7) is 2.43. The van der Waals surface area contributed by atoms with Gasteiger partial charge < -0.3 is 14.8 Å². The number of nitrogens with one attached hydrogen (secondary N) is 1. The largest absolute Gasteiger partial charge is 0.357 e. The van der Waals surface area contributed by atoms with Crippen molar-refractivity contribution >= 4 is 6.03 Å². The summed E-state index contributed by atoms with van der Waals surface area (Å²) in [5, 5.41) is 2.98. The van der Waals surface area contributed by atoms with E-state index in [1.807, 2.05) is 35.0 Å². The van der Waals surface area contributed by atoms with Crippen LogP contribution in [0.1, 0.15) is 31.2 Å². The third-order valence-corrected chi connectivity index (χ3v) is 3.23. The van der Waals surface area contributed by atoms with Crippen molar-refractivity contribution in [1.29, 1.82) is 0 Å². The summed E-state index contributed by atoms with van der Waals surface area (Å²) in [6, 6.07) is 2.11. The van der Waals surface area contributed by atoms with E-state index in [4.69, 9.17) is 0 Å². The Kier molecular flexibility index (Phi) is 4.07. The lowest BCUT2D eigenvalue weighted by atomic mass is 10.2. The van der Waals surface area contributed by atoms with Crippen molar-refractivity contribution < 1.29 is 4.79 Å². The van der Waals surface area contributed by atoms with Crippen LogP contribution in [0.5, 0.6) is 0 Å². The lowest BCUT2D eigenvalue weighted by molar-refractivity contribution is 0.199. The van der Waals surface area contributed by atoms with Crippen LogP contribution in [0, 0.1) is 0 Å². The Bertz CT molecular complexity index is 364. The molecule has 0 spiro atoms. The van der Waals surface area contributed by atoms with Crippen molar-refractivity contribution in [2.75, 3.05) is 13.1 Å². The summed E-state index contributed by atoms with van der Waals surface area (Å²) in [7, 11) is 1.99. The van der Waals surface area contributed by atoms with E-state index >= 15 is 0 Å². The van der Waals surface area contributed by atoms with Crippen molar-refractivity contribution in [3.8, 4) is 0 Å². The summed E-state index contributed by atoms with van der Waals surface area (Å²) in [4.78, 5) is 13.9. The molecule has 1 aromatic rings. The smallest absolute Gasteiger partial charge is 0.317 e. The zero-order valence-corrected chi connectivity index (χ0v) is 10.5. The van der Waals surface area contributed by atoms with Gasteiger partial charge in [-0.2, -0.15) is 0 Å². The lowest BCUT2D eigenvalue weighted by Crippen LogP contribution is -2.40. The maximum Gasteiger partial charge on any atom is 0.317 e. The maximum absolute atomic E-state index is 11.9. The molecule has 1 fully saturated rings.